The van der Waals surface area contributed by atoms with Crippen molar-refractivity contribution in [1.82, 2.24) is 5.32 Å². The second-order valence-corrected chi connectivity index (χ2v) is 2.85. The number of ether oxygens (including phenoxy) is 2. The lowest BCUT2D eigenvalue weighted by molar-refractivity contribution is -0.141. The van der Waals surface area contributed by atoms with Crippen LogP contribution in [0, 0.1) is 0 Å². The van der Waals surface area contributed by atoms with E-state index in [4.69, 9.17) is 4.74 Å². The molecular formula is C9H17NO4. The highest BCUT2D eigenvalue weighted by molar-refractivity contribution is 5.80. The fourth-order valence-corrected chi connectivity index (χ4v) is 0.797. The van der Waals surface area contributed by atoms with Crippen molar-refractivity contribution >= 4 is 11.9 Å². The maximum Gasteiger partial charge on any atom is 0.305 e. The van der Waals surface area contributed by atoms with E-state index in [0.29, 0.717) is 19.4 Å². The van der Waals surface area contributed by atoms with Gasteiger partial charge in [0.05, 0.1) is 7.11 Å². The molecule has 0 aliphatic carbocycles. The molecule has 0 saturated heterocycles. The number of hydrogen-bond acceptors (Lipinski definition) is 4. The van der Waals surface area contributed by atoms with Crippen molar-refractivity contribution in [2.45, 2.75) is 25.9 Å². The summed E-state index contributed by atoms with van der Waals surface area (Å²) in [5.41, 5.74) is 0. The highest BCUT2D eigenvalue weighted by Crippen LogP contribution is 1.91. The molecule has 0 aromatic heterocycles. The number of methoxy groups -OCH3 is 2. The molecule has 0 aliphatic heterocycles. The van der Waals surface area contributed by atoms with E-state index in [9.17, 15) is 9.59 Å². The van der Waals surface area contributed by atoms with Crippen LogP contribution in [0.15, 0.2) is 0 Å². The van der Waals surface area contributed by atoms with Crippen molar-refractivity contribution in [3.05, 3.63) is 0 Å². The molecule has 0 rings (SSSR count). The maximum atomic E-state index is 11.1. The Morgan fingerprint density at radius 1 is 1.36 bits per heavy atom. The van der Waals surface area contributed by atoms with E-state index in [0.717, 1.165) is 0 Å². The summed E-state index contributed by atoms with van der Waals surface area (Å²) in [6, 6.07) is 0. The molecule has 5 nitrogen and oxygen atoms in total. The average molecular weight is 203 g/mol. The molecule has 82 valence electrons. The molecule has 0 spiro atoms. The summed E-state index contributed by atoms with van der Waals surface area (Å²) in [5.74, 6) is -0.434. The van der Waals surface area contributed by atoms with E-state index in [-0.39, 0.29) is 11.9 Å². The predicted molar refractivity (Wildman–Crippen MR) is 50.7 cm³/mol. The largest absolute Gasteiger partial charge is 0.469 e. The lowest BCUT2D eigenvalue weighted by Crippen LogP contribution is -2.34. The lowest BCUT2D eigenvalue weighted by atomic mass is 10.3. The number of carbonyl (C=O) groups is 2. The minimum atomic E-state index is -0.451. The third-order valence-corrected chi connectivity index (χ3v) is 1.81. The first-order valence-electron chi connectivity index (χ1n) is 4.49. The number of esters is 1. The average Bonchev–Trinajstić information content (AvgIpc) is 2.22. The zero-order valence-corrected chi connectivity index (χ0v) is 8.83. The van der Waals surface area contributed by atoms with Crippen LogP contribution in [-0.4, -0.2) is 38.7 Å². The predicted octanol–water partition coefficient (Wildman–Crippen LogP) is 0.0907. The molecule has 0 aromatic rings. The van der Waals surface area contributed by atoms with Gasteiger partial charge in [-0.15, -0.1) is 0 Å². The first-order chi connectivity index (χ1) is 6.61. The highest BCUT2D eigenvalue weighted by atomic mass is 16.5. The van der Waals surface area contributed by atoms with Crippen LogP contribution in [0.1, 0.15) is 19.8 Å². The molecular weight excluding hydrogens is 186 g/mol. The van der Waals surface area contributed by atoms with E-state index < -0.39 is 6.10 Å². The van der Waals surface area contributed by atoms with Gasteiger partial charge in [0.15, 0.2) is 0 Å². The van der Waals surface area contributed by atoms with E-state index in [1.807, 2.05) is 0 Å². The molecule has 0 radical (unpaired) electrons. The summed E-state index contributed by atoms with van der Waals surface area (Å²) < 4.78 is 9.26. The van der Waals surface area contributed by atoms with E-state index >= 15 is 0 Å². The monoisotopic (exact) mass is 203 g/mol. The summed E-state index contributed by atoms with van der Waals surface area (Å²) in [6.45, 7) is 2.12. The van der Waals surface area contributed by atoms with Gasteiger partial charge >= 0.3 is 5.97 Å². The molecule has 0 fully saturated rings. The van der Waals surface area contributed by atoms with Crippen LogP contribution in [0.2, 0.25) is 0 Å². The topological polar surface area (TPSA) is 64.6 Å². The Kier molecular flexibility index (Phi) is 6.74. The first-order valence-corrected chi connectivity index (χ1v) is 4.49. The van der Waals surface area contributed by atoms with Crippen molar-refractivity contribution in [2.75, 3.05) is 20.8 Å². The molecule has 14 heavy (non-hydrogen) atoms. The number of carbonyl (C=O) groups excluding carboxylic acids is 2. The van der Waals surface area contributed by atoms with Gasteiger partial charge in [-0.2, -0.15) is 0 Å². The fraction of sp³-hybridized carbons (Fsp3) is 0.778. The molecule has 1 atom stereocenters. The summed E-state index contributed by atoms with van der Waals surface area (Å²) in [7, 11) is 2.81. The van der Waals surface area contributed by atoms with Crippen molar-refractivity contribution in [2.24, 2.45) is 0 Å². The second-order valence-electron chi connectivity index (χ2n) is 2.85. The van der Waals surface area contributed by atoms with Crippen LogP contribution in [0.4, 0.5) is 0 Å². The van der Waals surface area contributed by atoms with E-state index in [1.54, 1.807) is 6.92 Å². The van der Waals surface area contributed by atoms with Crippen LogP contribution in [0.3, 0.4) is 0 Å². The zero-order valence-electron chi connectivity index (χ0n) is 8.83. The minimum absolute atomic E-state index is 0.169. The number of nitrogens with one attached hydrogen (secondary N) is 1. The summed E-state index contributed by atoms with van der Waals surface area (Å²) in [5, 5.41) is 2.64. The van der Waals surface area contributed by atoms with E-state index in [2.05, 4.69) is 10.1 Å². The molecule has 5 heteroatoms. The van der Waals surface area contributed by atoms with Crippen LogP contribution in [0.5, 0.6) is 0 Å². The summed E-state index contributed by atoms with van der Waals surface area (Å²) in [6.07, 6.45) is 0.445. The van der Waals surface area contributed by atoms with Crippen molar-refractivity contribution in [3.63, 3.8) is 0 Å². The Balaban J connectivity index is 3.45. The Labute approximate surface area is 83.8 Å². The second kappa shape index (κ2) is 7.32. The van der Waals surface area contributed by atoms with Gasteiger partial charge < -0.3 is 14.8 Å². The third-order valence-electron chi connectivity index (χ3n) is 1.81. The number of hydrogen-bond donors (Lipinski definition) is 1. The smallest absolute Gasteiger partial charge is 0.305 e. The standard InChI is InChI=1S/C9H17NO4/c1-7(13-2)9(12)10-6-4-5-8(11)14-3/h7H,4-6H2,1-3H3,(H,10,12). The number of amides is 1. The first kappa shape index (κ1) is 12.9. The van der Waals surface area contributed by atoms with Gasteiger partial charge in [-0.1, -0.05) is 0 Å². The Hall–Kier alpha value is -1.10. The summed E-state index contributed by atoms with van der Waals surface area (Å²) in [4.78, 5) is 21.8. The Morgan fingerprint density at radius 2 is 2.00 bits per heavy atom. The third kappa shape index (κ3) is 5.53. The zero-order chi connectivity index (χ0) is 11.0. The maximum absolute atomic E-state index is 11.1. The summed E-state index contributed by atoms with van der Waals surface area (Å²) >= 11 is 0. The van der Waals surface area contributed by atoms with Crippen LogP contribution < -0.4 is 5.32 Å². The Morgan fingerprint density at radius 3 is 2.50 bits per heavy atom. The van der Waals surface area contributed by atoms with Gasteiger partial charge in [0.1, 0.15) is 6.10 Å². The van der Waals surface area contributed by atoms with Crippen molar-refractivity contribution in [1.29, 1.82) is 0 Å². The van der Waals surface area contributed by atoms with Gasteiger partial charge in [0.2, 0.25) is 5.91 Å². The van der Waals surface area contributed by atoms with Gasteiger partial charge in [-0.05, 0) is 13.3 Å². The normalized spacial score (nSPS) is 11.9. The quantitative estimate of drug-likeness (QED) is 0.491. The van der Waals surface area contributed by atoms with Gasteiger partial charge in [-0.3, -0.25) is 9.59 Å². The number of rotatable bonds is 6. The molecule has 0 saturated carbocycles. The van der Waals surface area contributed by atoms with Gasteiger partial charge in [0.25, 0.3) is 0 Å². The van der Waals surface area contributed by atoms with E-state index in [1.165, 1.54) is 14.2 Å². The minimum Gasteiger partial charge on any atom is -0.469 e. The van der Waals surface area contributed by atoms with Crippen LogP contribution >= 0.6 is 0 Å². The van der Waals surface area contributed by atoms with Crippen molar-refractivity contribution < 1.29 is 19.1 Å². The molecule has 0 aromatic carbocycles. The fourth-order valence-electron chi connectivity index (χ4n) is 0.797. The molecule has 1 unspecified atom stereocenters. The van der Waals surface area contributed by atoms with Crippen molar-refractivity contribution in [3.8, 4) is 0 Å². The molecule has 0 bridgehead atoms. The molecule has 1 N–H and O–H groups in total. The SMILES string of the molecule is COC(=O)CCCNC(=O)C(C)OC. The Bertz CT molecular complexity index is 193. The molecule has 0 aliphatic rings. The van der Waals surface area contributed by atoms with Crippen LogP contribution in [0.25, 0.3) is 0 Å². The van der Waals surface area contributed by atoms with Gasteiger partial charge in [0, 0.05) is 20.1 Å². The molecule has 1 amide bonds. The van der Waals surface area contributed by atoms with Crippen LogP contribution in [-0.2, 0) is 19.1 Å². The lowest BCUT2D eigenvalue weighted by Gasteiger charge is -2.09. The highest BCUT2D eigenvalue weighted by Gasteiger charge is 2.10. The van der Waals surface area contributed by atoms with Gasteiger partial charge in [-0.25, -0.2) is 0 Å². The molecule has 0 heterocycles.